The van der Waals surface area contributed by atoms with E-state index in [9.17, 15) is 0 Å². The number of nitrogens with one attached hydrogen (secondary N) is 1. The van der Waals surface area contributed by atoms with E-state index in [4.69, 9.17) is 9.26 Å². The van der Waals surface area contributed by atoms with Gasteiger partial charge in [-0.05, 0) is 31.5 Å². The third-order valence-electron chi connectivity index (χ3n) is 3.24. The Morgan fingerprint density at radius 2 is 2.21 bits per heavy atom. The molecule has 1 fully saturated rings. The van der Waals surface area contributed by atoms with Gasteiger partial charge in [0.05, 0.1) is 5.92 Å². The molecule has 1 aromatic carbocycles. The lowest BCUT2D eigenvalue weighted by molar-refractivity contribution is 0.281. The average Bonchev–Trinajstić information content (AvgIpc) is 2.96. The van der Waals surface area contributed by atoms with E-state index < -0.39 is 0 Å². The monoisotopic (exact) mass is 259 g/mol. The number of para-hydroxylation sites is 1. The first kappa shape index (κ1) is 12.2. The van der Waals surface area contributed by atoms with Crippen molar-refractivity contribution >= 4 is 0 Å². The van der Waals surface area contributed by atoms with Gasteiger partial charge in [-0.15, -0.1) is 0 Å². The van der Waals surface area contributed by atoms with Crippen LogP contribution in [-0.2, 0) is 6.61 Å². The first-order chi connectivity index (χ1) is 9.42. The summed E-state index contributed by atoms with van der Waals surface area (Å²) in [7, 11) is 0. The normalized spacial score (nSPS) is 19.3. The van der Waals surface area contributed by atoms with E-state index >= 15 is 0 Å². The van der Waals surface area contributed by atoms with Crippen LogP contribution in [0.4, 0.5) is 0 Å². The minimum Gasteiger partial charge on any atom is -0.485 e. The maximum atomic E-state index is 5.59. The zero-order chi connectivity index (χ0) is 12.9. The van der Waals surface area contributed by atoms with Gasteiger partial charge >= 0.3 is 0 Å². The number of aromatic nitrogens is 2. The molecule has 2 heterocycles. The van der Waals surface area contributed by atoms with Crippen LogP contribution in [0.1, 0.15) is 30.5 Å². The summed E-state index contributed by atoms with van der Waals surface area (Å²) >= 11 is 0. The molecule has 0 saturated carbocycles. The molecule has 0 amide bonds. The fourth-order valence-corrected chi connectivity index (χ4v) is 2.22. The molecule has 0 unspecified atom stereocenters. The Labute approximate surface area is 112 Å². The van der Waals surface area contributed by atoms with Crippen LogP contribution >= 0.6 is 0 Å². The summed E-state index contributed by atoms with van der Waals surface area (Å²) in [4.78, 5) is 4.41. The third-order valence-corrected chi connectivity index (χ3v) is 3.24. The zero-order valence-corrected chi connectivity index (χ0v) is 10.7. The molecule has 3 rings (SSSR count). The predicted octanol–water partition coefficient (Wildman–Crippen LogP) is 2.12. The van der Waals surface area contributed by atoms with Crippen molar-refractivity contribution in [2.45, 2.75) is 25.4 Å². The molecule has 0 aliphatic carbocycles. The number of hydrogen-bond acceptors (Lipinski definition) is 5. The first-order valence-corrected chi connectivity index (χ1v) is 6.63. The van der Waals surface area contributed by atoms with Crippen molar-refractivity contribution in [1.29, 1.82) is 0 Å². The molecular formula is C14H17N3O2. The van der Waals surface area contributed by atoms with Crippen LogP contribution in [0.5, 0.6) is 5.75 Å². The Morgan fingerprint density at radius 3 is 3.00 bits per heavy atom. The van der Waals surface area contributed by atoms with Crippen molar-refractivity contribution in [2.24, 2.45) is 0 Å². The van der Waals surface area contributed by atoms with E-state index in [1.54, 1.807) is 0 Å². The van der Waals surface area contributed by atoms with Gasteiger partial charge in [0.25, 0.3) is 0 Å². The quantitative estimate of drug-likeness (QED) is 0.911. The highest BCUT2D eigenvalue weighted by Gasteiger charge is 2.21. The van der Waals surface area contributed by atoms with Crippen LogP contribution in [0, 0.1) is 0 Å². The van der Waals surface area contributed by atoms with Crippen molar-refractivity contribution in [3.63, 3.8) is 0 Å². The maximum Gasteiger partial charge on any atom is 0.231 e. The minimum absolute atomic E-state index is 0.340. The number of piperidine rings is 1. The number of benzene rings is 1. The summed E-state index contributed by atoms with van der Waals surface area (Å²) in [6.07, 6.45) is 2.26. The topological polar surface area (TPSA) is 60.2 Å². The Kier molecular flexibility index (Phi) is 3.74. The molecule has 5 nitrogen and oxygen atoms in total. The summed E-state index contributed by atoms with van der Waals surface area (Å²) in [5, 5.41) is 7.31. The lowest BCUT2D eigenvalue weighted by atomic mass is 10.00. The summed E-state index contributed by atoms with van der Waals surface area (Å²) in [5.41, 5.74) is 0. The summed E-state index contributed by atoms with van der Waals surface area (Å²) in [6.45, 7) is 2.34. The molecule has 19 heavy (non-hydrogen) atoms. The molecule has 0 spiro atoms. The smallest absolute Gasteiger partial charge is 0.231 e. The lowest BCUT2D eigenvalue weighted by Crippen LogP contribution is -2.28. The van der Waals surface area contributed by atoms with E-state index in [1.165, 1.54) is 0 Å². The Morgan fingerprint density at radius 1 is 1.32 bits per heavy atom. The van der Waals surface area contributed by atoms with E-state index in [0.29, 0.717) is 18.3 Å². The van der Waals surface area contributed by atoms with Gasteiger partial charge in [0.15, 0.2) is 6.61 Å². The van der Waals surface area contributed by atoms with Gasteiger partial charge in [-0.2, -0.15) is 4.98 Å². The van der Waals surface area contributed by atoms with Crippen LogP contribution in [-0.4, -0.2) is 23.2 Å². The first-order valence-electron chi connectivity index (χ1n) is 6.63. The lowest BCUT2D eigenvalue weighted by Gasteiger charge is -2.18. The molecule has 2 aromatic rings. The fourth-order valence-electron chi connectivity index (χ4n) is 2.22. The van der Waals surface area contributed by atoms with E-state index in [0.717, 1.165) is 37.6 Å². The third kappa shape index (κ3) is 3.12. The van der Waals surface area contributed by atoms with Crippen LogP contribution in [0.15, 0.2) is 34.9 Å². The fraction of sp³-hybridized carbons (Fsp3) is 0.429. The SMILES string of the molecule is c1ccc(OCc2noc([C@@H]3CCCNC3)n2)cc1. The van der Waals surface area contributed by atoms with Gasteiger partial charge in [0.1, 0.15) is 5.75 Å². The van der Waals surface area contributed by atoms with Crippen molar-refractivity contribution in [3.8, 4) is 5.75 Å². The number of rotatable bonds is 4. The highest BCUT2D eigenvalue weighted by Crippen LogP contribution is 2.21. The van der Waals surface area contributed by atoms with Gasteiger partial charge in [-0.3, -0.25) is 0 Å². The zero-order valence-electron chi connectivity index (χ0n) is 10.7. The summed E-state index contributed by atoms with van der Waals surface area (Å²) < 4.78 is 10.9. The van der Waals surface area contributed by atoms with E-state index in [2.05, 4.69) is 15.5 Å². The summed E-state index contributed by atoms with van der Waals surface area (Å²) in [5.74, 6) is 2.48. The van der Waals surface area contributed by atoms with Crippen molar-refractivity contribution in [2.75, 3.05) is 13.1 Å². The molecule has 100 valence electrons. The Bertz CT molecular complexity index is 506. The van der Waals surface area contributed by atoms with Gasteiger partial charge in [-0.25, -0.2) is 0 Å². The van der Waals surface area contributed by atoms with Crippen molar-refractivity contribution in [3.05, 3.63) is 42.0 Å². The van der Waals surface area contributed by atoms with Gasteiger partial charge in [0.2, 0.25) is 11.7 Å². The van der Waals surface area contributed by atoms with E-state index in [1.807, 2.05) is 30.3 Å². The molecule has 1 N–H and O–H groups in total. The molecule has 1 aliphatic rings. The molecule has 1 aliphatic heterocycles. The van der Waals surface area contributed by atoms with Crippen LogP contribution in [0.3, 0.4) is 0 Å². The molecule has 5 heteroatoms. The predicted molar refractivity (Wildman–Crippen MR) is 69.9 cm³/mol. The second-order valence-corrected chi connectivity index (χ2v) is 4.69. The molecular weight excluding hydrogens is 242 g/mol. The highest BCUT2D eigenvalue weighted by molar-refractivity contribution is 5.20. The van der Waals surface area contributed by atoms with Gasteiger partial charge in [0, 0.05) is 6.54 Å². The van der Waals surface area contributed by atoms with Crippen LogP contribution < -0.4 is 10.1 Å². The van der Waals surface area contributed by atoms with Crippen LogP contribution in [0.25, 0.3) is 0 Å². The van der Waals surface area contributed by atoms with Crippen LogP contribution in [0.2, 0.25) is 0 Å². The number of ether oxygens (including phenoxy) is 1. The second-order valence-electron chi connectivity index (χ2n) is 4.69. The average molecular weight is 259 g/mol. The minimum atomic E-state index is 0.340. The number of nitrogens with zero attached hydrogens (tertiary/aromatic N) is 2. The highest BCUT2D eigenvalue weighted by atomic mass is 16.5. The summed E-state index contributed by atoms with van der Waals surface area (Å²) in [6, 6.07) is 9.64. The van der Waals surface area contributed by atoms with Crippen molar-refractivity contribution < 1.29 is 9.26 Å². The Hall–Kier alpha value is -1.88. The number of hydrogen-bond donors (Lipinski definition) is 1. The Balaban J connectivity index is 1.58. The van der Waals surface area contributed by atoms with Crippen molar-refractivity contribution in [1.82, 2.24) is 15.5 Å². The second kappa shape index (κ2) is 5.84. The molecule has 1 aromatic heterocycles. The molecule has 0 radical (unpaired) electrons. The molecule has 1 saturated heterocycles. The molecule has 1 atom stereocenters. The van der Waals surface area contributed by atoms with E-state index in [-0.39, 0.29) is 0 Å². The maximum absolute atomic E-state index is 5.59. The van der Waals surface area contributed by atoms with Gasteiger partial charge < -0.3 is 14.6 Å². The molecule has 0 bridgehead atoms. The standard InChI is InChI=1S/C14H17N3O2/c1-2-6-12(7-3-1)18-10-13-16-14(19-17-13)11-5-4-8-15-9-11/h1-3,6-7,11,15H,4-5,8-10H2/t11-/m1/s1. The van der Waals surface area contributed by atoms with Gasteiger partial charge in [-0.1, -0.05) is 23.4 Å². The largest absolute Gasteiger partial charge is 0.485 e.